The average Bonchev–Trinajstić information content (AvgIpc) is 2.20. The van der Waals surface area contributed by atoms with E-state index >= 15 is 0 Å². The van der Waals surface area contributed by atoms with Gasteiger partial charge in [-0.25, -0.2) is 0 Å². The fraction of sp³-hybridized carbons (Fsp3) is 0.818. The molecule has 0 spiro atoms. The molecule has 0 heterocycles. The SMILES string of the molecule is C=C(OCC)C1CCC(OCO)CC1. The van der Waals surface area contributed by atoms with Gasteiger partial charge in [-0.3, -0.25) is 0 Å². The van der Waals surface area contributed by atoms with Gasteiger partial charge in [-0.2, -0.15) is 0 Å². The van der Waals surface area contributed by atoms with Crippen LogP contribution < -0.4 is 0 Å². The second-order valence-electron chi connectivity index (χ2n) is 3.67. The molecular formula is C11H20O3. The lowest BCUT2D eigenvalue weighted by molar-refractivity contribution is -0.0674. The molecule has 0 saturated heterocycles. The van der Waals surface area contributed by atoms with E-state index < -0.39 is 0 Å². The van der Waals surface area contributed by atoms with Crippen molar-refractivity contribution >= 4 is 0 Å². The summed E-state index contributed by atoms with van der Waals surface area (Å²) in [6.07, 6.45) is 4.34. The fourth-order valence-electron chi connectivity index (χ4n) is 1.96. The van der Waals surface area contributed by atoms with Gasteiger partial charge in [0.15, 0.2) is 0 Å². The van der Waals surface area contributed by atoms with Gasteiger partial charge in [-0.05, 0) is 32.6 Å². The molecule has 0 atom stereocenters. The minimum absolute atomic E-state index is 0.165. The molecule has 0 aromatic heterocycles. The minimum atomic E-state index is -0.165. The van der Waals surface area contributed by atoms with Crippen molar-refractivity contribution < 1.29 is 14.6 Å². The van der Waals surface area contributed by atoms with Crippen molar-refractivity contribution in [3.8, 4) is 0 Å². The van der Waals surface area contributed by atoms with Crippen molar-refractivity contribution in [1.82, 2.24) is 0 Å². The summed E-state index contributed by atoms with van der Waals surface area (Å²) in [7, 11) is 0. The summed E-state index contributed by atoms with van der Waals surface area (Å²) in [5, 5.41) is 8.61. The molecule has 3 heteroatoms. The van der Waals surface area contributed by atoms with Gasteiger partial charge in [0.2, 0.25) is 0 Å². The average molecular weight is 200 g/mol. The second kappa shape index (κ2) is 6.04. The first-order valence-corrected chi connectivity index (χ1v) is 5.32. The van der Waals surface area contributed by atoms with Crippen LogP contribution in [0.25, 0.3) is 0 Å². The molecule has 1 N–H and O–H groups in total. The van der Waals surface area contributed by atoms with Crippen LogP contribution >= 0.6 is 0 Å². The molecule has 0 aliphatic heterocycles. The Morgan fingerprint density at radius 2 is 2.00 bits per heavy atom. The molecule has 82 valence electrons. The summed E-state index contributed by atoms with van der Waals surface area (Å²) >= 11 is 0. The van der Waals surface area contributed by atoms with Gasteiger partial charge in [0.1, 0.15) is 6.79 Å². The van der Waals surface area contributed by atoms with Crippen molar-refractivity contribution in [3.05, 3.63) is 12.3 Å². The maximum absolute atomic E-state index is 8.61. The largest absolute Gasteiger partial charge is 0.499 e. The smallest absolute Gasteiger partial charge is 0.143 e. The third-order valence-corrected chi connectivity index (χ3v) is 2.77. The van der Waals surface area contributed by atoms with Gasteiger partial charge in [0, 0.05) is 5.92 Å². The lowest BCUT2D eigenvalue weighted by Gasteiger charge is -2.28. The van der Waals surface area contributed by atoms with E-state index in [4.69, 9.17) is 14.6 Å². The normalized spacial score (nSPS) is 27.3. The third kappa shape index (κ3) is 3.31. The van der Waals surface area contributed by atoms with E-state index in [0.717, 1.165) is 31.4 Å². The van der Waals surface area contributed by atoms with Crippen LogP contribution in [-0.2, 0) is 9.47 Å². The highest BCUT2D eigenvalue weighted by Gasteiger charge is 2.23. The number of aliphatic hydroxyl groups is 1. The quantitative estimate of drug-likeness (QED) is 0.545. The Morgan fingerprint density at radius 1 is 1.36 bits per heavy atom. The van der Waals surface area contributed by atoms with Crippen LogP contribution in [0, 0.1) is 5.92 Å². The fourth-order valence-corrected chi connectivity index (χ4v) is 1.96. The maximum atomic E-state index is 8.61. The van der Waals surface area contributed by atoms with Crippen molar-refractivity contribution in [2.24, 2.45) is 5.92 Å². The van der Waals surface area contributed by atoms with E-state index in [1.807, 2.05) is 6.92 Å². The molecule has 1 fully saturated rings. The summed E-state index contributed by atoms with van der Waals surface area (Å²) in [5.41, 5.74) is 0. The summed E-state index contributed by atoms with van der Waals surface area (Å²) < 4.78 is 10.5. The van der Waals surface area contributed by atoms with Gasteiger partial charge in [-0.15, -0.1) is 0 Å². The molecule has 1 saturated carbocycles. The van der Waals surface area contributed by atoms with E-state index in [9.17, 15) is 0 Å². The summed E-state index contributed by atoms with van der Waals surface area (Å²) in [4.78, 5) is 0. The Balaban J connectivity index is 2.24. The van der Waals surface area contributed by atoms with Crippen molar-refractivity contribution in [2.45, 2.75) is 38.7 Å². The highest BCUT2D eigenvalue weighted by molar-refractivity contribution is 4.94. The number of aliphatic hydroxyl groups excluding tert-OH is 1. The maximum Gasteiger partial charge on any atom is 0.143 e. The molecular weight excluding hydrogens is 180 g/mol. The van der Waals surface area contributed by atoms with Crippen LogP contribution in [0.5, 0.6) is 0 Å². The van der Waals surface area contributed by atoms with Gasteiger partial charge >= 0.3 is 0 Å². The zero-order valence-corrected chi connectivity index (χ0v) is 8.87. The topological polar surface area (TPSA) is 38.7 Å². The molecule has 0 aromatic carbocycles. The number of allylic oxidation sites excluding steroid dienone is 1. The molecule has 1 rings (SSSR count). The molecule has 1 aliphatic rings. The lowest BCUT2D eigenvalue weighted by Crippen LogP contribution is -2.23. The van der Waals surface area contributed by atoms with E-state index in [2.05, 4.69) is 6.58 Å². The first-order valence-electron chi connectivity index (χ1n) is 5.32. The number of rotatable bonds is 5. The Labute approximate surface area is 85.7 Å². The van der Waals surface area contributed by atoms with Gasteiger partial charge in [0.05, 0.1) is 18.5 Å². The monoisotopic (exact) mass is 200 g/mol. The predicted octanol–water partition coefficient (Wildman–Crippen LogP) is 2.06. The molecule has 0 aromatic rings. The Morgan fingerprint density at radius 3 is 2.50 bits per heavy atom. The van der Waals surface area contributed by atoms with Crippen molar-refractivity contribution in [2.75, 3.05) is 13.4 Å². The standard InChI is InChI=1S/C11H20O3/c1-3-13-9(2)10-4-6-11(7-5-10)14-8-12/h10-12H,2-8H2,1H3. The molecule has 0 bridgehead atoms. The zero-order chi connectivity index (χ0) is 10.4. The van der Waals surface area contributed by atoms with Gasteiger partial charge in [-0.1, -0.05) is 6.58 Å². The van der Waals surface area contributed by atoms with Crippen molar-refractivity contribution in [1.29, 1.82) is 0 Å². The summed E-state index contributed by atoms with van der Waals surface area (Å²) in [6.45, 7) is 6.44. The van der Waals surface area contributed by atoms with E-state index in [1.165, 1.54) is 0 Å². The first-order chi connectivity index (χ1) is 6.77. The van der Waals surface area contributed by atoms with Crippen LogP contribution in [0.2, 0.25) is 0 Å². The summed E-state index contributed by atoms with van der Waals surface area (Å²) in [6, 6.07) is 0. The van der Waals surface area contributed by atoms with Gasteiger partial charge in [0.25, 0.3) is 0 Å². The molecule has 14 heavy (non-hydrogen) atoms. The van der Waals surface area contributed by atoms with Crippen LogP contribution in [0.4, 0.5) is 0 Å². The lowest BCUT2D eigenvalue weighted by atomic mass is 9.86. The molecule has 1 aliphatic carbocycles. The molecule has 3 nitrogen and oxygen atoms in total. The minimum Gasteiger partial charge on any atom is -0.499 e. The zero-order valence-electron chi connectivity index (χ0n) is 8.87. The van der Waals surface area contributed by atoms with Crippen LogP contribution in [0.15, 0.2) is 12.3 Å². The highest BCUT2D eigenvalue weighted by Crippen LogP contribution is 2.30. The van der Waals surface area contributed by atoms with Gasteiger partial charge < -0.3 is 14.6 Å². The molecule has 0 amide bonds. The molecule has 0 unspecified atom stereocenters. The second-order valence-corrected chi connectivity index (χ2v) is 3.67. The third-order valence-electron chi connectivity index (χ3n) is 2.77. The Kier molecular flexibility index (Phi) is 4.98. The van der Waals surface area contributed by atoms with Crippen LogP contribution in [0.1, 0.15) is 32.6 Å². The van der Waals surface area contributed by atoms with E-state index in [1.54, 1.807) is 0 Å². The van der Waals surface area contributed by atoms with E-state index in [0.29, 0.717) is 12.5 Å². The predicted molar refractivity (Wildman–Crippen MR) is 54.7 cm³/mol. The highest BCUT2D eigenvalue weighted by atomic mass is 16.6. The summed E-state index contributed by atoms with van der Waals surface area (Å²) in [5.74, 6) is 1.39. The van der Waals surface area contributed by atoms with Crippen LogP contribution in [0.3, 0.4) is 0 Å². The number of ether oxygens (including phenoxy) is 2. The molecule has 0 radical (unpaired) electrons. The Bertz CT molecular complexity index is 171. The number of hydrogen-bond donors (Lipinski definition) is 1. The Hall–Kier alpha value is -0.540. The number of hydrogen-bond acceptors (Lipinski definition) is 3. The first kappa shape index (κ1) is 11.5. The van der Waals surface area contributed by atoms with Crippen molar-refractivity contribution in [3.63, 3.8) is 0 Å². The van der Waals surface area contributed by atoms with Crippen LogP contribution in [-0.4, -0.2) is 24.6 Å². The van der Waals surface area contributed by atoms with E-state index in [-0.39, 0.29) is 12.9 Å².